The van der Waals surface area contributed by atoms with E-state index in [2.05, 4.69) is 0 Å². The number of piperidine rings is 1. The quantitative estimate of drug-likeness (QED) is 0.904. The maximum absolute atomic E-state index is 12.8. The molecule has 2 aliphatic rings. The second kappa shape index (κ2) is 6.20. The van der Waals surface area contributed by atoms with Crippen LogP contribution in [-0.2, 0) is 4.79 Å². The molecule has 2 heterocycles. The fourth-order valence-electron chi connectivity index (χ4n) is 4.25. The predicted octanol–water partition coefficient (Wildman–Crippen LogP) is 2.31. The van der Waals surface area contributed by atoms with Crippen molar-refractivity contribution in [1.82, 2.24) is 9.80 Å². The fourth-order valence-corrected chi connectivity index (χ4v) is 4.25. The molecule has 1 atom stereocenters. The summed E-state index contributed by atoms with van der Waals surface area (Å²) >= 11 is 0. The molecule has 2 saturated heterocycles. The fraction of sp³-hybridized carbons (Fsp3) is 0.579. The highest BCUT2D eigenvalue weighted by molar-refractivity contribution is 5.96. The van der Waals surface area contributed by atoms with Gasteiger partial charge in [0.1, 0.15) is 6.04 Å². The van der Waals surface area contributed by atoms with Crippen molar-refractivity contribution in [2.24, 2.45) is 5.41 Å². The lowest BCUT2D eigenvalue weighted by molar-refractivity contribution is -0.141. The lowest BCUT2D eigenvalue weighted by Gasteiger charge is -2.39. The first-order chi connectivity index (χ1) is 11.3. The first-order valence-corrected chi connectivity index (χ1v) is 8.61. The van der Waals surface area contributed by atoms with E-state index in [0.717, 1.165) is 36.1 Å². The van der Waals surface area contributed by atoms with Gasteiger partial charge in [0.2, 0.25) is 0 Å². The monoisotopic (exact) mass is 330 g/mol. The summed E-state index contributed by atoms with van der Waals surface area (Å²) in [6.07, 6.45) is 2.47. The molecule has 1 amide bonds. The lowest BCUT2D eigenvalue weighted by Crippen LogP contribution is -2.44. The van der Waals surface area contributed by atoms with Crippen LogP contribution in [0, 0.1) is 19.3 Å². The molecule has 5 heteroatoms. The third-order valence-electron chi connectivity index (χ3n) is 5.97. The maximum Gasteiger partial charge on any atom is 0.320 e. The molecule has 0 saturated carbocycles. The van der Waals surface area contributed by atoms with Crippen molar-refractivity contribution >= 4 is 11.9 Å². The third-order valence-corrected chi connectivity index (χ3v) is 5.97. The lowest BCUT2D eigenvalue weighted by atomic mass is 9.76. The standard InChI is InChI=1S/C19H26N2O3/c1-13-5-4-6-15(14(13)2)17(22)21-9-7-19(8-10-21)11-16(18(23)24)20(3)12-19/h4-6,16H,7-12H2,1-3H3,(H,23,24)/t16-/m0/s1. The van der Waals surface area contributed by atoms with Crippen molar-refractivity contribution in [2.45, 2.75) is 39.2 Å². The number of carbonyl (C=O) groups is 2. The van der Waals surface area contributed by atoms with Crippen LogP contribution in [0.15, 0.2) is 18.2 Å². The van der Waals surface area contributed by atoms with Crippen LogP contribution >= 0.6 is 0 Å². The van der Waals surface area contributed by atoms with Gasteiger partial charge in [-0.3, -0.25) is 14.5 Å². The summed E-state index contributed by atoms with van der Waals surface area (Å²) in [6.45, 7) is 6.27. The van der Waals surface area contributed by atoms with Crippen LogP contribution in [0.3, 0.4) is 0 Å². The van der Waals surface area contributed by atoms with Gasteiger partial charge in [-0.1, -0.05) is 12.1 Å². The molecule has 1 aromatic rings. The van der Waals surface area contributed by atoms with Crippen molar-refractivity contribution in [3.05, 3.63) is 34.9 Å². The number of hydrogen-bond acceptors (Lipinski definition) is 3. The van der Waals surface area contributed by atoms with E-state index in [-0.39, 0.29) is 17.4 Å². The Labute approximate surface area is 143 Å². The van der Waals surface area contributed by atoms with Gasteiger partial charge in [-0.2, -0.15) is 0 Å². The van der Waals surface area contributed by atoms with Crippen LogP contribution in [0.5, 0.6) is 0 Å². The van der Waals surface area contributed by atoms with Gasteiger partial charge >= 0.3 is 5.97 Å². The van der Waals surface area contributed by atoms with Crippen molar-refractivity contribution in [2.75, 3.05) is 26.7 Å². The minimum Gasteiger partial charge on any atom is -0.480 e. The summed E-state index contributed by atoms with van der Waals surface area (Å²) in [4.78, 5) is 28.1. The summed E-state index contributed by atoms with van der Waals surface area (Å²) in [5.41, 5.74) is 3.03. The van der Waals surface area contributed by atoms with Gasteiger partial charge in [0.15, 0.2) is 0 Å². The molecule has 24 heavy (non-hydrogen) atoms. The molecule has 2 aliphatic heterocycles. The van der Waals surface area contributed by atoms with E-state index >= 15 is 0 Å². The van der Waals surface area contributed by atoms with Crippen LogP contribution in [0.4, 0.5) is 0 Å². The average Bonchev–Trinajstić information content (AvgIpc) is 2.87. The summed E-state index contributed by atoms with van der Waals surface area (Å²) < 4.78 is 0. The van der Waals surface area contributed by atoms with Gasteiger partial charge in [0.05, 0.1) is 0 Å². The second-order valence-corrected chi connectivity index (χ2v) is 7.51. The number of rotatable bonds is 2. The molecule has 1 N–H and O–H groups in total. The summed E-state index contributed by atoms with van der Waals surface area (Å²) in [5, 5.41) is 9.34. The summed E-state index contributed by atoms with van der Waals surface area (Å²) in [7, 11) is 1.89. The molecule has 5 nitrogen and oxygen atoms in total. The number of carboxylic acid groups (broad SMARTS) is 1. The number of likely N-dealkylation sites (N-methyl/N-ethyl adjacent to an activating group) is 1. The molecule has 0 bridgehead atoms. The molecule has 130 valence electrons. The Balaban J connectivity index is 1.68. The van der Waals surface area contributed by atoms with Gasteiger partial charge in [-0.25, -0.2) is 0 Å². The largest absolute Gasteiger partial charge is 0.480 e. The zero-order valence-electron chi connectivity index (χ0n) is 14.7. The number of carbonyl (C=O) groups excluding carboxylic acids is 1. The molecular formula is C19H26N2O3. The number of aryl methyl sites for hydroxylation is 1. The SMILES string of the molecule is Cc1cccc(C(=O)N2CCC3(CC2)C[C@@H](C(=O)O)N(C)C3)c1C. The van der Waals surface area contributed by atoms with Crippen LogP contribution in [0.2, 0.25) is 0 Å². The third kappa shape index (κ3) is 2.93. The van der Waals surface area contributed by atoms with E-state index in [1.807, 2.05) is 48.9 Å². The van der Waals surface area contributed by atoms with Gasteiger partial charge in [-0.05, 0) is 62.8 Å². The normalized spacial score (nSPS) is 23.6. The van der Waals surface area contributed by atoms with Crippen molar-refractivity contribution in [3.8, 4) is 0 Å². The number of aliphatic carboxylic acids is 1. The first-order valence-electron chi connectivity index (χ1n) is 8.61. The van der Waals surface area contributed by atoms with Crippen LogP contribution in [-0.4, -0.2) is 59.5 Å². The van der Waals surface area contributed by atoms with E-state index in [1.165, 1.54) is 0 Å². The number of benzene rings is 1. The molecular weight excluding hydrogens is 304 g/mol. The molecule has 0 aliphatic carbocycles. The second-order valence-electron chi connectivity index (χ2n) is 7.51. The maximum atomic E-state index is 12.8. The Hall–Kier alpha value is -1.88. The Kier molecular flexibility index (Phi) is 4.38. The van der Waals surface area contributed by atoms with E-state index in [9.17, 15) is 14.7 Å². The summed E-state index contributed by atoms with van der Waals surface area (Å²) in [6, 6.07) is 5.48. The van der Waals surface area contributed by atoms with Gasteiger partial charge in [0, 0.05) is 25.2 Å². The predicted molar refractivity (Wildman–Crippen MR) is 92.2 cm³/mol. The number of carboxylic acids is 1. The Morgan fingerprint density at radius 2 is 1.88 bits per heavy atom. The highest BCUT2D eigenvalue weighted by atomic mass is 16.4. The minimum absolute atomic E-state index is 0.0518. The molecule has 0 radical (unpaired) electrons. The Bertz CT molecular complexity index is 663. The van der Waals surface area contributed by atoms with E-state index in [4.69, 9.17) is 0 Å². The van der Waals surface area contributed by atoms with Gasteiger partial charge in [0.25, 0.3) is 5.91 Å². The first kappa shape index (κ1) is 17.0. The zero-order chi connectivity index (χ0) is 17.5. The van der Waals surface area contributed by atoms with Crippen molar-refractivity contribution in [1.29, 1.82) is 0 Å². The molecule has 0 aromatic heterocycles. The number of nitrogens with zero attached hydrogens (tertiary/aromatic N) is 2. The van der Waals surface area contributed by atoms with Crippen molar-refractivity contribution < 1.29 is 14.7 Å². The highest BCUT2D eigenvalue weighted by Gasteiger charge is 2.47. The highest BCUT2D eigenvalue weighted by Crippen LogP contribution is 2.43. The molecule has 3 rings (SSSR count). The summed E-state index contributed by atoms with van der Waals surface area (Å²) in [5.74, 6) is -0.629. The van der Waals surface area contributed by atoms with Crippen LogP contribution in [0.25, 0.3) is 0 Å². The van der Waals surface area contributed by atoms with Crippen LogP contribution in [0.1, 0.15) is 40.7 Å². The number of amides is 1. The smallest absolute Gasteiger partial charge is 0.320 e. The Morgan fingerprint density at radius 3 is 2.46 bits per heavy atom. The van der Waals surface area contributed by atoms with E-state index in [0.29, 0.717) is 19.5 Å². The molecule has 1 spiro atoms. The van der Waals surface area contributed by atoms with Crippen molar-refractivity contribution in [3.63, 3.8) is 0 Å². The minimum atomic E-state index is -0.733. The molecule has 1 aromatic carbocycles. The molecule has 0 unspecified atom stereocenters. The van der Waals surface area contributed by atoms with E-state index < -0.39 is 5.97 Å². The Morgan fingerprint density at radius 1 is 1.21 bits per heavy atom. The topological polar surface area (TPSA) is 60.9 Å². The van der Waals surface area contributed by atoms with Crippen LogP contribution < -0.4 is 0 Å². The number of hydrogen-bond donors (Lipinski definition) is 1. The zero-order valence-corrected chi connectivity index (χ0v) is 14.7. The van der Waals surface area contributed by atoms with E-state index in [1.54, 1.807) is 0 Å². The van der Waals surface area contributed by atoms with Gasteiger partial charge < -0.3 is 10.0 Å². The van der Waals surface area contributed by atoms with Gasteiger partial charge in [-0.15, -0.1) is 0 Å². The average molecular weight is 330 g/mol. The molecule has 2 fully saturated rings. The number of likely N-dealkylation sites (tertiary alicyclic amines) is 2.